The summed E-state index contributed by atoms with van der Waals surface area (Å²) in [5.41, 5.74) is 1.55. The number of carboxylic acids is 1. The van der Waals surface area contributed by atoms with Gasteiger partial charge < -0.3 is 9.84 Å². The Hall–Kier alpha value is -2.88. The quantitative estimate of drug-likeness (QED) is 0.786. The molecule has 0 aliphatic carbocycles. The number of hydrogen-bond donors (Lipinski definition) is 1. The van der Waals surface area contributed by atoms with E-state index in [0.29, 0.717) is 17.0 Å². The lowest BCUT2D eigenvalue weighted by atomic mass is 10.1. The number of rotatable bonds is 3. The van der Waals surface area contributed by atoms with Gasteiger partial charge >= 0.3 is 5.97 Å². The average molecular weight is 279 g/mol. The second-order valence-corrected chi connectivity index (χ2v) is 4.70. The second kappa shape index (κ2) is 5.25. The van der Waals surface area contributed by atoms with Crippen LogP contribution in [-0.2, 0) is 0 Å². The third kappa shape index (κ3) is 2.56. The summed E-state index contributed by atoms with van der Waals surface area (Å²) < 4.78 is 5.91. The molecule has 21 heavy (non-hydrogen) atoms. The lowest BCUT2D eigenvalue weighted by Gasteiger charge is -2.11. The smallest absolute Gasteiger partial charge is 0.354 e. The molecule has 0 amide bonds. The average Bonchev–Trinajstić information content (AvgIpc) is 2.49. The summed E-state index contributed by atoms with van der Waals surface area (Å²) in [4.78, 5) is 15.3. The molecule has 3 rings (SSSR count). The summed E-state index contributed by atoms with van der Waals surface area (Å²) in [5.74, 6) is 0.118. The number of carbonyl (C=O) groups is 1. The van der Waals surface area contributed by atoms with Gasteiger partial charge in [-0.05, 0) is 30.7 Å². The minimum Gasteiger partial charge on any atom is -0.477 e. The first kappa shape index (κ1) is 13.1. The topological polar surface area (TPSA) is 59.4 Å². The van der Waals surface area contributed by atoms with Crippen LogP contribution in [0.5, 0.6) is 11.5 Å². The van der Waals surface area contributed by atoms with Gasteiger partial charge in [-0.3, -0.25) is 0 Å². The number of nitrogens with zero attached hydrogens (tertiary/aromatic N) is 1. The molecule has 0 radical (unpaired) electrons. The van der Waals surface area contributed by atoms with Crippen molar-refractivity contribution in [3.8, 4) is 11.5 Å². The summed E-state index contributed by atoms with van der Waals surface area (Å²) in [5, 5.41) is 9.95. The monoisotopic (exact) mass is 279 g/mol. The van der Waals surface area contributed by atoms with Crippen LogP contribution in [0.1, 0.15) is 16.1 Å². The maximum absolute atomic E-state index is 11.2. The molecule has 0 saturated carbocycles. The molecule has 2 aromatic carbocycles. The summed E-state index contributed by atoms with van der Waals surface area (Å²) >= 11 is 0. The fourth-order valence-electron chi connectivity index (χ4n) is 2.13. The molecule has 0 aliphatic rings. The van der Waals surface area contributed by atoms with Crippen molar-refractivity contribution >= 4 is 16.9 Å². The normalized spacial score (nSPS) is 10.5. The van der Waals surface area contributed by atoms with Crippen molar-refractivity contribution in [3.63, 3.8) is 0 Å². The molecular formula is C17H13NO3. The van der Waals surface area contributed by atoms with Crippen LogP contribution >= 0.6 is 0 Å². The molecule has 0 bridgehead atoms. The van der Waals surface area contributed by atoms with Gasteiger partial charge in [0.2, 0.25) is 0 Å². The first-order valence-electron chi connectivity index (χ1n) is 6.52. The fourth-order valence-corrected chi connectivity index (χ4v) is 2.13. The highest BCUT2D eigenvalue weighted by Gasteiger charge is 2.12. The first-order chi connectivity index (χ1) is 10.1. The van der Waals surface area contributed by atoms with Gasteiger partial charge in [0, 0.05) is 11.5 Å². The van der Waals surface area contributed by atoms with Crippen LogP contribution in [-0.4, -0.2) is 16.1 Å². The van der Waals surface area contributed by atoms with Crippen molar-refractivity contribution in [2.45, 2.75) is 6.92 Å². The zero-order valence-corrected chi connectivity index (χ0v) is 11.4. The molecule has 1 N–H and O–H groups in total. The van der Waals surface area contributed by atoms with Gasteiger partial charge in [-0.25, -0.2) is 9.78 Å². The Kier molecular flexibility index (Phi) is 3.28. The van der Waals surface area contributed by atoms with E-state index in [-0.39, 0.29) is 5.69 Å². The Labute approximate surface area is 121 Å². The van der Waals surface area contributed by atoms with E-state index in [0.717, 1.165) is 10.9 Å². The number of carboxylic acid groups (broad SMARTS) is 1. The van der Waals surface area contributed by atoms with E-state index in [1.165, 1.54) is 6.07 Å². The lowest BCUT2D eigenvalue weighted by Crippen LogP contribution is -2.01. The summed E-state index contributed by atoms with van der Waals surface area (Å²) in [6, 6.07) is 16.4. The van der Waals surface area contributed by atoms with Crippen molar-refractivity contribution in [3.05, 3.63) is 65.9 Å². The van der Waals surface area contributed by atoms with Gasteiger partial charge in [0.15, 0.2) is 5.69 Å². The molecule has 0 atom stereocenters. The van der Waals surface area contributed by atoms with Crippen molar-refractivity contribution in [2.75, 3.05) is 0 Å². The second-order valence-electron chi connectivity index (χ2n) is 4.70. The van der Waals surface area contributed by atoms with E-state index in [4.69, 9.17) is 4.74 Å². The molecule has 3 aromatic rings. The number of hydrogen-bond acceptors (Lipinski definition) is 3. The van der Waals surface area contributed by atoms with Crippen LogP contribution in [0.15, 0.2) is 54.6 Å². The number of aromatic carboxylic acids is 1. The maximum Gasteiger partial charge on any atom is 0.354 e. The molecule has 1 heterocycles. The van der Waals surface area contributed by atoms with E-state index in [2.05, 4.69) is 4.98 Å². The minimum atomic E-state index is -1.07. The van der Waals surface area contributed by atoms with Crippen LogP contribution in [0.2, 0.25) is 0 Å². The van der Waals surface area contributed by atoms with Crippen molar-refractivity contribution in [2.24, 2.45) is 0 Å². The van der Waals surface area contributed by atoms with E-state index >= 15 is 0 Å². The van der Waals surface area contributed by atoms with E-state index in [1.54, 1.807) is 6.07 Å². The highest BCUT2D eigenvalue weighted by molar-refractivity contribution is 5.93. The molecular weight excluding hydrogens is 266 g/mol. The lowest BCUT2D eigenvalue weighted by molar-refractivity contribution is 0.0690. The first-order valence-corrected chi connectivity index (χ1v) is 6.52. The number of ether oxygens (including phenoxy) is 1. The number of aryl methyl sites for hydroxylation is 1. The number of para-hydroxylation sites is 2. The van der Waals surface area contributed by atoms with Crippen LogP contribution < -0.4 is 4.74 Å². The van der Waals surface area contributed by atoms with Crippen LogP contribution in [0.4, 0.5) is 0 Å². The fraction of sp³-hybridized carbons (Fsp3) is 0.0588. The predicted molar refractivity (Wildman–Crippen MR) is 80.0 cm³/mol. The summed E-state index contributed by atoms with van der Waals surface area (Å²) in [7, 11) is 0. The summed E-state index contributed by atoms with van der Waals surface area (Å²) in [6.07, 6.45) is 0. The standard InChI is InChI=1S/C17H13NO3/c1-11-6-2-5-9-15(11)21-16-10-14(17(19)20)18-13-8-4-3-7-12(13)16/h2-10H,1H3,(H,19,20). The third-order valence-corrected chi connectivity index (χ3v) is 3.21. The predicted octanol–water partition coefficient (Wildman–Crippen LogP) is 4.03. The van der Waals surface area contributed by atoms with Crippen LogP contribution in [0.25, 0.3) is 10.9 Å². The Bertz CT molecular complexity index is 827. The largest absolute Gasteiger partial charge is 0.477 e. The van der Waals surface area contributed by atoms with Crippen LogP contribution in [0.3, 0.4) is 0 Å². The summed E-state index contributed by atoms with van der Waals surface area (Å²) in [6.45, 7) is 1.94. The van der Waals surface area contributed by atoms with Crippen molar-refractivity contribution in [1.29, 1.82) is 0 Å². The highest BCUT2D eigenvalue weighted by atomic mass is 16.5. The van der Waals surface area contributed by atoms with Crippen LogP contribution in [0, 0.1) is 6.92 Å². The van der Waals surface area contributed by atoms with Gasteiger partial charge in [0.05, 0.1) is 5.52 Å². The van der Waals surface area contributed by atoms with Gasteiger partial charge in [-0.1, -0.05) is 30.3 Å². The molecule has 1 aromatic heterocycles. The van der Waals surface area contributed by atoms with E-state index in [9.17, 15) is 9.90 Å². The minimum absolute atomic E-state index is 0.0303. The van der Waals surface area contributed by atoms with E-state index in [1.807, 2.05) is 49.4 Å². The van der Waals surface area contributed by atoms with E-state index < -0.39 is 5.97 Å². The Morgan fingerprint density at radius 2 is 1.76 bits per heavy atom. The number of pyridine rings is 1. The van der Waals surface area contributed by atoms with Gasteiger partial charge in [0.1, 0.15) is 11.5 Å². The zero-order valence-electron chi connectivity index (χ0n) is 11.4. The maximum atomic E-state index is 11.2. The molecule has 4 heteroatoms. The molecule has 0 unspecified atom stereocenters. The Morgan fingerprint density at radius 3 is 2.52 bits per heavy atom. The van der Waals surface area contributed by atoms with Crippen molar-refractivity contribution in [1.82, 2.24) is 4.98 Å². The molecule has 0 saturated heterocycles. The van der Waals surface area contributed by atoms with Gasteiger partial charge in [-0.2, -0.15) is 0 Å². The van der Waals surface area contributed by atoms with Crippen molar-refractivity contribution < 1.29 is 14.6 Å². The number of aromatic nitrogens is 1. The highest BCUT2D eigenvalue weighted by Crippen LogP contribution is 2.31. The number of benzene rings is 2. The molecule has 0 fully saturated rings. The van der Waals surface area contributed by atoms with Gasteiger partial charge in [-0.15, -0.1) is 0 Å². The molecule has 4 nitrogen and oxygen atoms in total. The molecule has 104 valence electrons. The third-order valence-electron chi connectivity index (χ3n) is 3.21. The Morgan fingerprint density at radius 1 is 1.05 bits per heavy atom. The zero-order chi connectivity index (χ0) is 14.8. The SMILES string of the molecule is Cc1ccccc1Oc1cc(C(=O)O)nc2ccccc12. The van der Waals surface area contributed by atoms with Gasteiger partial charge in [0.25, 0.3) is 0 Å². The number of fused-ring (bicyclic) bond motifs is 1. The molecule has 0 aliphatic heterocycles. The Balaban J connectivity index is 2.16. The molecule has 0 spiro atoms.